The third kappa shape index (κ3) is 5.17. The molecule has 5 heterocycles. The van der Waals surface area contributed by atoms with E-state index in [1.54, 1.807) is 33.7 Å². The van der Waals surface area contributed by atoms with Gasteiger partial charge in [-0.1, -0.05) is 80.3 Å². The van der Waals surface area contributed by atoms with Crippen molar-refractivity contribution in [1.82, 2.24) is 14.0 Å². The minimum Gasteiger partial charge on any atom is -0.503 e. The SMILES string of the molecule is [2H]c1c([2H])c([2H])c(-c2cnc(-n3c4[c-]c(Oc5[c-]c(-c6coc7c8occ[n+]8[c-]n67)ccc5)ccc4c4cc(C(C)(C)C)ccc43)cc2C)c([2H])c1[2H].[Pt]. The van der Waals surface area contributed by atoms with Crippen LogP contribution in [0.4, 0.5) is 0 Å². The Balaban J connectivity index is 0.00000413. The van der Waals surface area contributed by atoms with Crippen molar-refractivity contribution in [2.24, 2.45) is 0 Å². The molecule has 4 aromatic carbocycles. The Morgan fingerprint density at radius 2 is 1.78 bits per heavy atom. The Morgan fingerprint density at radius 3 is 2.59 bits per heavy atom. The Bertz CT molecular complexity index is 2930. The molecule has 0 aliphatic rings. The molecule has 0 atom stereocenters. The van der Waals surface area contributed by atoms with E-state index in [4.69, 9.17) is 25.4 Å². The van der Waals surface area contributed by atoms with Crippen molar-refractivity contribution >= 4 is 33.2 Å². The van der Waals surface area contributed by atoms with Crippen molar-refractivity contribution in [2.75, 3.05) is 0 Å². The van der Waals surface area contributed by atoms with Crippen LogP contribution in [0.1, 0.15) is 38.8 Å². The summed E-state index contributed by atoms with van der Waals surface area (Å²) < 4.78 is 64.7. The number of imidazole rings is 1. The van der Waals surface area contributed by atoms with Gasteiger partial charge in [-0.05, 0) is 46.5 Å². The maximum Gasteiger partial charge on any atom is 0.279 e. The van der Waals surface area contributed by atoms with E-state index in [0.29, 0.717) is 39.9 Å². The standard InChI is InChI=1S/C41H30N4O3.Pt/c1-26-19-38(42-23-34(26)27-9-6-5-7-10-27)45-35-16-13-29(41(2,3)4)21-33(35)32-15-14-31(22-36(32)45)48-30-12-8-11-28(20-30)37-24-47-40-39-43(17-18-46-39)25-44(37)40;/h5-19,21,23-24H,1-4H3;/q-2;/i5D,6D,7D,9D,10D;. The molecular weight excluding hydrogens is 792 g/mol. The number of oxazole rings is 2. The van der Waals surface area contributed by atoms with Crippen molar-refractivity contribution in [3.63, 3.8) is 0 Å². The molecule has 0 fully saturated rings. The summed E-state index contributed by atoms with van der Waals surface area (Å²) in [7, 11) is 0. The first-order valence-corrected chi connectivity index (χ1v) is 15.4. The fraction of sp³-hybridized carbons (Fsp3) is 0.122. The molecule has 0 bridgehead atoms. The van der Waals surface area contributed by atoms with Crippen LogP contribution in [0.15, 0.2) is 119 Å². The van der Waals surface area contributed by atoms with Gasteiger partial charge in [-0.15, -0.1) is 35.7 Å². The molecule has 0 spiro atoms. The first kappa shape index (κ1) is 25.6. The summed E-state index contributed by atoms with van der Waals surface area (Å²) in [6.45, 7) is 8.39. The molecule has 0 saturated carbocycles. The predicted molar refractivity (Wildman–Crippen MR) is 185 cm³/mol. The van der Waals surface area contributed by atoms with Crippen molar-refractivity contribution in [3.05, 3.63) is 139 Å². The topological polar surface area (TPSA) is 61.8 Å². The molecular formula is C41H30N4O3Pt-2. The molecule has 8 heteroatoms. The Hall–Kier alpha value is -5.39. The molecule has 5 aromatic heterocycles. The van der Waals surface area contributed by atoms with E-state index < -0.39 is 6.04 Å². The van der Waals surface area contributed by atoms with Gasteiger partial charge >= 0.3 is 0 Å². The average Bonchev–Trinajstić information content (AvgIpc) is 3.91. The van der Waals surface area contributed by atoms with Crippen molar-refractivity contribution in [1.29, 1.82) is 0 Å². The first-order chi connectivity index (χ1) is 25.4. The van der Waals surface area contributed by atoms with Crippen molar-refractivity contribution in [3.8, 4) is 39.7 Å². The number of rotatable bonds is 5. The summed E-state index contributed by atoms with van der Waals surface area (Å²) in [5.74, 6) is 1.53. The number of ether oxygens (including phenoxy) is 1. The molecule has 49 heavy (non-hydrogen) atoms. The van der Waals surface area contributed by atoms with Crippen LogP contribution in [0.25, 0.3) is 61.4 Å². The molecule has 7 nitrogen and oxygen atoms in total. The van der Waals surface area contributed by atoms with Crippen LogP contribution in [0.3, 0.4) is 0 Å². The third-order valence-electron chi connectivity index (χ3n) is 8.60. The zero-order valence-electron chi connectivity index (χ0n) is 31.8. The number of nitrogens with zero attached hydrogens (tertiary/aromatic N) is 4. The van der Waals surface area contributed by atoms with Gasteiger partial charge in [-0.25, -0.2) is 4.98 Å². The quantitative estimate of drug-likeness (QED) is 0.128. The van der Waals surface area contributed by atoms with Gasteiger partial charge in [0.25, 0.3) is 17.8 Å². The second-order valence-electron chi connectivity index (χ2n) is 12.7. The molecule has 0 N–H and O–H groups in total. The van der Waals surface area contributed by atoms with Crippen LogP contribution in [-0.2, 0) is 26.5 Å². The van der Waals surface area contributed by atoms with E-state index in [2.05, 4.69) is 57.4 Å². The number of benzene rings is 4. The van der Waals surface area contributed by atoms with Crippen LogP contribution in [0.2, 0.25) is 0 Å². The monoisotopic (exact) mass is 826 g/mol. The number of hydrogen-bond acceptors (Lipinski definition) is 4. The minimum atomic E-state index is -0.434. The van der Waals surface area contributed by atoms with Gasteiger partial charge in [0.05, 0.1) is 31.3 Å². The Morgan fingerprint density at radius 1 is 0.939 bits per heavy atom. The minimum absolute atomic E-state index is 0. The third-order valence-corrected chi connectivity index (χ3v) is 8.60. The van der Waals surface area contributed by atoms with Crippen LogP contribution in [-0.4, -0.2) is 14.0 Å². The zero-order chi connectivity index (χ0) is 36.9. The second kappa shape index (κ2) is 11.6. The second-order valence-corrected chi connectivity index (χ2v) is 12.7. The largest absolute Gasteiger partial charge is 0.503 e. The summed E-state index contributed by atoms with van der Waals surface area (Å²) in [6, 6.07) is 22.9. The molecule has 9 aromatic rings. The van der Waals surface area contributed by atoms with Gasteiger partial charge in [-0.2, -0.15) is 6.07 Å². The van der Waals surface area contributed by atoms with Gasteiger partial charge in [0.2, 0.25) is 0 Å². The Labute approximate surface area is 304 Å². The number of hydrogen-bond donors (Lipinski definition) is 0. The van der Waals surface area contributed by atoms with E-state index in [9.17, 15) is 0 Å². The van der Waals surface area contributed by atoms with Crippen molar-refractivity contribution < 1.29 is 45.9 Å². The normalized spacial score (nSPS) is 13.3. The maximum atomic E-state index is 8.53. The Kier molecular flexibility index (Phi) is 6.08. The zero-order valence-corrected chi connectivity index (χ0v) is 29.1. The molecule has 0 aliphatic carbocycles. The number of aryl methyl sites for hydroxylation is 1. The van der Waals surface area contributed by atoms with Gasteiger partial charge < -0.3 is 18.1 Å². The van der Waals surface area contributed by atoms with E-state index in [0.717, 1.165) is 33.1 Å². The summed E-state index contributed by atoms with van der Waals surface area (Å²) in [5.41, 5.74) is 6.55. The van der Waals surface area contributed by atoms with Gasteiger partial charge in [-0.3, -0.25) is 8.80 Å². The number of fused-ring (bicyclic) bond motifs is 6. The van der Waals surface area contributed by atoms with Gasteiger partial charge in [0, 0.05) is 49.8 Å². The fourth-order valence-corrected chi connectivity index (χ4v) is 6.15. The number of pyridine rings is 1. The molecule has 0 radical (unpaired) electrons. The van der Waals surface area contributed by atoms with Gasteiger partial charge in [0.1, 0.15) is 5.82 Å². The smallest absolute Gasteiger partial charge is 0.279 e. The fourth-order valence-electron chi connectivity index (χ4n) is 6.15. The van der Waals surface area contributed by atoms with Crippen LogP contribution in [0.5, 0.6) is 11.5 Å². The van der Waals surface area contributed by atoms with Crippen LogP contribution < -0.4 is 9.14 Å². The molecule has 0 aliphatic heterocycles. The van der Waals surface area contributed by atoms with Crippen LogP contribution >= 0.6 is 0 Å². The maximum absolute atomic E-state index is 8.53. The predicted octanol–water partition coefficient (Wildman–Crippen LogP) is 9.49. The molecule has 0 saturated heterocycles. The van der Waals surface area contributed by atoms with Crippen LogP contribution in [0, 0.1) is 25.4 Å². The molecule has 244 valence electrons. The van der Waals surface area contributed by atoms with Crippen molar-refractivity contribution in [2.45, 2.75) is 33.1 Å². The molecule has 0 amide bonds. The van der Waals surface area contributed by atoms with E-state index in [-0.39, 0.29) is 56.2 Å². The summed E-state index contributed by atoms with van der Waals surface area (Å²) in [4.78, 5) is 4.82. The molecule has 9 rings (SSSR count). The summed E-state index contributed by atoms with van der Waals surface area (Å²) in [6.07, 6.45) is 9.73. The van der Waals surface area contributed by atoms with E-state index in [1.165, 1.54) is 5.56 Å². The van der Waals surface area contributed by atoms with E-state index >= 15 is 0 Å². The summed E-state index contributed by atoms with van der Waals surface area (Å²) in [5, 5.41) is 1.98. The van der Waals surface area contributed by atoms with Gasteiger partial charge in [0.15, 0.2) is 0 Å². The van der Waals surface area contributed by atoms with E-state index in [1.807, 2.05) is 47.9 Å². The molecule has 0 unspecified atom stereocenters. The number of aromatic nitrogens is 4. The first-order valence-electron chi connectivity index (χ1n) is 17.9. The average molecular weight is 827 g/mol. The summed E-state index contributed by atoms with van der Waals surface area (Å²) >= 11 is 0.